The maximum Gasteiger partial charge on any atom is 0.344 e. The molecular weight excluding hydrogens is 528 g/mol. The Morgan fingerprint density at radius 3 is 1.62 bits per heavy atom. The molecule has 6 nitrogen and oxygen atoms in total. The van der Waals surface area contributed by atoms with Crippen molar-refractivity contribution < 1.29 is 28.5 Å². The number of carbonyl (C=O) groups excluding carboxylic acids is 2. The number of unbranched alkanes of at least 4 members (excludes halogenated alkanes) is 10. The lowest BCUT2D eigenvalue weighted by Crippen LogP contribution is -2.17. The van der Waals surface area contributed by atoms with Crippen molar-refractivity contribution in [3.63, 3.8) is 0 Å². The first-order valence-corrected chi connectivity index (χ1v) is 16.0. The molecule has 0 N–H and O–H groups in total. The van der Waals surface area contributed by atoms with Gasteiger partial charge in [-0.1, -0.05) is 114 Å². The minimum absolute atomic E-state index is 0.173. The van der Waals surface area contributed by atoms with Gasteiger partial charge in [-0.05, 0) is 38.3 Å². The molecule has 0 saturated heterocycles. The Kier molecular flexibility index (Phi) is 14.5. The van der Waals surface area contributed by atoms with Crippen molar-refractivity contribution in [2.24, 2.45) is 0 Å². The van der Waals surface area contributed by atoms with Crippen molar-refractivity contribution >= 4 is 33.5 Å². The van der Waals surface area contributed by atoms with Crippen molar-refractivity contribution in [1.82, 2.24) is 0 Å². The van der Waals surface area contributed by atoms with Gasteiger partial charge in [0.1, 0.15) is 11.5 Å². The average Bonchev–Trinajstić information content (AvgIpc) is 2.97. The van der Waals surface area contributed by atoms with Crippen LogP contribution in [-0.2, 0) is 19.1 Å². The van der Waals surface area contributed by atoms with Crippen LogP contribution in [0.15, 0.2) is 36.4 Å². The van der Waals surface area contributed by atoms with Crippen LogP contribution in [0.2, 0.25) is 0 Å². The van der Waals surface area contributed by atoms with Crippen LogP contribution < -0.4 is 9.47 Å². The Morgan fingerprint density at radius 1 is 0.595 bits per heavy atom. The predicted molar refractivity (Wildman–Crippen MR) is 171 cm³/mol. The SMILES string of the molecule is CCCCCCCCOC(=O)COc1c2ccccc2c(OCC(=O)OCCCCCCCC)c2c(C)cc(C)cc12. The van der Waals surface area contributed by atoms with Gasteiger partial charge in [-0.2, -0.15) is 0 Å². The highest BCUT2D eigenvalue weighted by molar-refractivity contribution is 6.12. The highest BCUT2D eigenvalue weighted by Crippen LogP contribution is 2.44. The molecule has 0 fully saturated rings. The molecule has 3 aromatic carbocycles. The zero-order valence-electron chi connectivity index (χ0n) is 26.2. The molecule has 0 radical (unpaired) electrons. The van der Waals surface area contributed by atoms with E-state index in [4.69, 9.17) is 18.9 Å². The molecule has 0 aliphatic carbocycles. The molecule has 0 amide bonds. The molecule has 0 aliphatic rings. The number of aryl methyl sites for hydroxylation is 2. The monoisotopic (exact) mass is 578 g/mol. The number of hydrogen-bond acceptors (Lipinski definition) is 6. The Morgan fingerprint density at radius 2 is 1.07 bits per heavy atom. The number of hydrogen-bond donors (Lipinski definition) is 0. The van der Waals surface area contributed by atoms with E-state index in [0.717, 1.165) is 58.4 Å². The van der Waals surface area contributed by atoms with Crippen LogP contribution in [0.4, 0.5) is 0 Å². The summed E-state index contributed by atoms with van der Waals surface area (Å²) in [5.41, 5.74) is 2.07. The fourth-order valence-electron chi connectivity index (χ4n) is 5.39. The highest BCUT2D eigenvalue weighted by Gasteiger charge is 2.20. The molecule has 230 valence electrons. The molecule has 0 heterocycles. The number of benzene rings is 3. The zero-order chi connectivity index (χ0) is 30.2. The summed E-state index contributed by atoms with van der Waals surface area (Å²) >= 11 is 0. The normalized spacial score (nSPS) is 11.1. The summed E-state index contributed by atoms with van der Waals surface area (Å²) in [6.07, 6.45) is 13.6. The van der Waals surface area contributed by atoms with Crippen molar-refractivity contribution in [2.75, 3.05) is 26.4 Å². The van der Waals surface area contributed by atoms with Gasteiger partial charge in [0, 0.05) is 21.5 Å². The van der Waals surface area contributed by atoms with E-state index in [-0.39, 0.29) is 25.2 Å². The van der Waals surface area contributed by atoms with E-state index in [1.807, 2.05) is 44.2 Å². The molecule has 0 spiro atoms. The first-order valence-electron chi connectivity index (χ1n) is 16.0. The van der Waals surface area contributed by atoms with Crippen molar-refractivity contribution in [3.8, 4) is 11.5 Å². The van der Waals surface area contributed by atoms with Gasteiger partial charge in [0.25, 0.3) is 0 Å². The van der Waals surface area contributed by atoms with Gasteiger partial charge in [0.05, 0.1) is 13.2 Å². The first-order chi connectivity index (χ1) is 20.5. The van der Waals surface area contributed by atoms with Crippen LogP contribution in [0.5, 0.6) is 11.5 Å². The van der Waals surface area contributed by atoms with Crippen LogP contribution in [0.1, 0.15) is 102 Å². The molecule has 3 rings (SSSR count). The van der Waals surface area contributed by atoms with Crippen LogP contribution in [0.3, 0.4) is 0 Å². The van der Waals surface area contributed by atoms with Crippen LogP contribution in [-0.4, -0.2) is 38.4 Å². The quantitative estimate of drug-likeness (QED) is 0.0756. The average molecular weight is 579 g/mol. The summed E-state index contributed by atoms with van der Waals surface area (Å²) in [5, 5.41) is 3.33. The molecule has 6 heteroatoms. The van der Waals surface area contributed by atoms with E-state index in [2.05, 4.69) is 19.9 Å². The second-order valence-corrected chi connectivity index (χ2v) is 11.3. The number of fused-ring (bicyclic) bond motifs is 2. The Bertz CT molecular complexity index is 1280. The van der Waals surface area contributed by atoms with E-state index in [1.54, 1.807) is 0 Å². The number of carbonyl (C=O) groups is 2. The molecular formula is C36H50O6. The number of rotatable bonds is 20. The summed E-state index contributed by atoms with van der Waals surface area (Å²) in [4.78, 5) is 25.1. The Labute approximate surface area is 252 Å². The van der Waals surface area contributed by atoms with E-state index in [9.17, 15) is 9.59 Å². The van der Waals surface area contributed by atoms with Crippen molar-refractivity contribution in [2.45, 2.75) is 105 Å². The maximum atomic E-state index is 12.6. The largest absolute Gasteiger partial charge is 0.481 e. The molecule has 0 atom stereocenters. The summed E-state index contributed by atoms with van der Waals surface area (Å²) in [6.45, 7) is 8.93. The predicted octanol–water partition coefficient (Wildman–Crippen LogP) is 9.17. The van der Waals surface area contributed by atoms with Gasteiger partial charge >= 0.3 is 11.9 Å². The third kappa shape index (κ3) is 10.2. The van der Waals surface area contributed by atoms with Gasteiger partial charge in [-0.25, -0.2) is 9.59 Å². The summed E-state index contributed by atoms with van der Waals surface area (Å²) in [6, 6.07) is 11.9. The molecule has 0 aromatic heterocycles. The topological polar surface area (TPSA) is 71.1 Å². The molecule has 3 aromatic rings. The second kappa shape index (κ2) is 18.3. The minimum atomic E-state index is -0.376. The van der Waals surface area contributed by atoms with Crippen molar-refractivity contribution in [3.05, 3.63) is 47.5 Å². The van der Waals surface area contributed by atoms with Crippen LogP contribution in [0, 0.1) is 13.8 Å². The maximum absolute atomic E-state index is 12.6. The van der Waals surface area contributed by atoms with Crippen LogP contribution in [0.25, 0.3) is 21.5 Å². The minimum Gasteiger partial charge on any atom is -0.481 e. The first kappa shape index (κ1) is 33.2. The van der Waals surface area contributed by atoms with E-state index in [0.29, 0.717) is 24.7 Å². The lowest BCUT2D eigenvalue weighted by Gasteiger charge is -2.19. The Hall–Kier alpha value is -3.28. The van der Waals surface area contributed by atoms with E-state index >= 15 is 0 Å². The fraction of sp³-hybridized carbons (Fsp3) is 0.556. The molecule has 0 aliphatic heterocycles. The van der Waals surface area contributed by atoms with Gasteiger partial charge < -0.3 is 18.9 Å². The van der Waals surface area contributed by atoms with Crippen LogP contribution >= 0.6 is 0 Å². The third-order valence-corrected chi connectivity index (χ3v) is 7.56. The summed E-state index contributed by atoms with van der Waals surface area (Å²) < 4.78 is 23.3. The van der Waals surface area contributed by atoms with Gasteiger partial charge in [-0.3, -0.25) is 0 Å². The number of ether oxygens (including phenoxy) is 4. The van der Waals surface area contributed by atoms with E-state index < -0.39 is 0 Å². The molecule has 0 saturated carbocycles. The van der Waals surface area contributed by atoms with E-state index in [1.165, 1.54) is 51.4 Å². The zero-order valence-corrected chi connectivity index (χ0v) is 26.2. The number of esters is 2. The van der Waals surface area contributed by atoms with Gasteiger partial charge in [0.2, 0.25) is 0 Å². The molecule has 0 unspecified atom stereocenters. The van der Waals surface area contributed by atoms with Gasteiger partial charge in [0.15, 0.2) is 13.2 Å². The third-order valence-electron chi connectivity index (χ3n) is 7.56. The fourth-order valence-corrected chi connectivity index (χ4v) is 5.39. The Balaban J connectivity index is 1.70. The summed E-state index contributed by atoms with van der Waals surface area (Å²) in [5.74, 6) is 0.479. The van der Waals surface area contributed by atoms with Gasteiger partial charge in [-0.15, -0.1) is 0 Å². The lowest BCUT2D eigenvalue weighted by atomic mass is 9.95. The highest BCUT2D eigenvalue weighted by atomic mass is 16.6. The second-order valence-electron chi connectivity index (χ2n) is 11.3. The van der Waals surface area contributed by atoms with Crippen molar-refractivity contribution in [1.29, 1.82) is 0 Å². The smallest absolute Gasteiger partial charge is 0.344 e. The molecule has 42 heavy (non-hydrogen) atoms. The lowest BCUT2D eigenvalue weighted by molar-refractivity contribution is -0.147. The molecule has 0 bridgehead atoms. The summed E-state index contributed by atoms with van der Waals surface area (Å²) in [7, 11) is 0. The standard InChI is InChI=1S/C36H50O6/c1-5-7-9-11-13-17-21-39-32(37)25-41-35-29-19-15-16-20-30(29)36(34-28(4)23-27(3)24-31(34)35)42-26-33(38)40-22-18-14-12-10-8-6-2/h15-16,19-20,23-24H,5-14,17-18,21-22,25-26H2,1-4H3.